The Bertz CT molecular complexity index is 858. The number of carbonyl (C=O) groups excluding carboxylic acids is 4. The van der Waals surface area contributed by atoms with Gasteiger partial charge in [-0.15, -0.1) is 11.8 Å². The molecule has 0 spiro atoms. The normalized spacial score (nSPS) is 14.9. The lowest BCUT2D eigenvalue weighted by atomic mass is 9.87. The zero-order valence-electron chi connectivity index (χ0n) is 16.2. The number of esters is 1. The van der Waals surface area contributed by atoms with E-state index >= 15 is 0 Å². The molecule has 0 saturated carbocycles. The fraction of sp³-hybridized carbons (Fsp3) is 0.500. The number of ether oxygens (including phenoxy) is 1. The molecular weight excluding hydrogens is 404 g/mol. The predicted octanol–water partition coefficient (Wildman–Crippen LogP) is 0.343. The van der Waals surface area contributed by atoms with Gasteiger partial charge in [-0.25, -0.2) is 4.79 Å². The van der Waals surface area contributed by atoms with E-state index in [9.17, 15) is 29.4 Å². The van der Waals surface area contributed by atoms with E-state index in [0.717, 1.165) is 17.8 Å². The van der Waals surface area contributed by atoms with Crippen LogP contribution in [0.1, 0.15) is 52.2 Å². The summed E-state index contributed by atoms with van der Waals surface area (Å²) in [6.45, 7) is 4.47. The van der Waals surface area contributed by atoms with Gasteiger partial charge in [-0.3, -0.25) is 14.4 Å². The van der Waals surface area contributed by atoms with Crippen LogP contribution in [-0.4, -0.2) is 70.4 Å². The molecule has 1 aliphatic carbocycles. The van der Waals surface area contributed by atoms with Crippen LogP contribution >= 0.6 is 11.8 Å². The highest BCUT2D eigenvalue weighted by atomic mass is 32.2. The highest BCUT2D eigenvalue weighted by molar-refractivity contribution is 8.04. The molecule has 0 aliphatic heterocycles. The molecule has 29 heavy (non-hydrogen) atoms. The van der Waals surface area contributed by atoms with Crippen molar-refractivity contribution in [3.05, 3.63) is 28.0 Å². The van der Waals surface area contributed by atoms with Crippen LogP contribution in [0.25, 0.3) is 0 Å². The van der Waals surface area contributed by atoms with E-state index in [-0.39, 0.29) is 47.4 Å². The Morgan fingerprint density at radius 2 is 2.07 bits per heavy atom. The topological polar surface area (TPSA) is 156 Å². The van der Waals surface area contributed by atoms with Crippen LogP contribution in [-0.2, 0) is 9.53 Å². The summed E-state index contributed by atoms with van der Waals surface area (Å²) in [4.78, 5) is 48.7. The number of aromatic nitrogens is 1. The highest BCUT2D eigenvalue weighted by Crippen LogP contribution is 2.30. The predicted molar refractivity (Wildman–Crippen MR) is 102 cm³/mol. The number of Topliss-reactive ketones (excluding diaryl/α,β-unsaturated/α-hetero) is 1. The zero-order chi connectivity index (χ0) is 21.8. The molecule has 1 aromatic heterocycles. The fourth-order valence-electron chi connectivity index (χ4n) is 2.36. The second-order valence-electron chi connectivity index (χ2n) is 6.85. The molecule has 1 aromatic rings. The third-order valence-electron chi connectivity index (χ3n) is 4.15. The van der Waals surface area contributed by atoms with Gasteiger partial charge in [-0.05, 0) is 6.92 Å². The van der Waals surface area contributed by atoms with Crippen molar-refractivity contribution in [1.82, 2.24) is 10.5 Å². The average Bonchev–Trinajstić information content (AvgIpc) is 3.14. The number of thioether (sulfide) groups is 1. The van der Waals surface area contributed by atoms with Crippen LogP contribution in [0, 0.1) is 5.41 Å². The molecule has 3 N–H and O–H groups in total. The first kappa shape index (κ1) is 22.8. The lowest BCUT2D eigenvalue weighted by molar-refractivity contribution is -0.136. The van der Waals surface area contributed by atoms with Gasteiger partial charge in [0.1, 0.15) is 11.7 Å². The Labute approximate surface area is 170 Å². The Hall–Kier alpha value is -2.50. The maximum atomic E-state index is 12.7. The minimum Gasteiger partial charge on any atom is -0.461 e. The maximum Gasteiger partial charge on any atom is 0.361 e. The van der Waals surface area contributed by atoms with Gasteiger partial charge in [-0.2, -0.15) is 0 Å². The molecule has 1 heterocycles. The van der Waals surface area contributed by atoms with Gasteiger partial charge in [0.05, 0.1) is 18.1 Å². The number of hydrogen-bond acceptors (Lipinski definition) is 10. The van der Waals surface area contributed by atoms with Crippen molar-refractivity contribution in [2.24, 2.45) is 5.41 Å². The molecule has 2 rings (SSSR count). The molecular formula is C18H22N2O8S. The molecule has 11 heteroatoms. The van der Waals surface area contributed by atoms with E-state index in [2.05, 4.69) is 10.5 Å². The molecule has 158 valence electrons. The lowest BCUT2D eigenvalue weighted by Crippen LogP contribution is -2.46. The summed E-state index contributed by atoms with van der Waals surface area (Å²) in [6.07, 6.45) is -0.317. The molecule has 1 aliphatic rings. The largest absolute Gasteiger partial charge is 0.461 e. The van der Waals surface area contributed by atoms with Gasteiger partial charge in [0, 0.05) is 23.8 Å². The first-order chi connectivity index (χ1) is 13.6. The SMILES string of the molecule is CCOC(=O)c1noc2c1C(=O)C(SCCNC(=O)[C@H](O)C(C)(C)CO)=CC2=O. The second kappa shape index (κ2) is 9.33. The lowest BCUT2D eigenvalue weighted by Gasteiger charge is -2.27. The maximum absolute atomic E-state index is 12.7. The molecule has 0 bridgehead atoms. The molecule has 1 amide bonds. The number of ketones is 2. The Balaban J connectivity index is 1.99. The van der Waals surface area contributed by atoms with Gasteiger partial charge in [0.25, 0.3) is 0 Å². The average molecular weight is 426 g/mol. The van der Waals surface area contributed by atoms with E-state index in [1.165, 1.54) is 0 Å². The Kier molecular flexibility index (Phi) is 7.33. The van der Waals surface area contributed by atoms with Crippen LogP contribution < -0.4 is 5.32 Å². The third kappa shape index (κ3) is 4.92. The third-order valence-corrected chi connectivity index (χ3v) is 5.18. The van der Waals surface area contributed by atoms with E-state index in [0.29, 0.717) is 0 Å². The van der Waals surface area contributed by atoms with Crippen LogP contribution in [0.4, 0.5) is 0 Å². The summed E-state index contributed by atoms with van der Waals surface area (Å²) in [5, 5.41) is 25.1. The van der Waals surface area contributed by atoms with E-state index in [1.54, 1.807) is 20.8 Å². The Morgan fingerprint density at radius 3 is 2.69 bits per heavy atom. The summed E-state index contributed by atoms with van der Waals surface area (Å²) in [5.41, 5.74) is -1.59. The quantitative estimate of drug-likeness (QED) is 0.372. The molecule has 0 aromatic carbocycles. The van der Waals surface area contributed by atoms with Crippen molar-refractivity contribution < 1.29 is 38.7 Å². The molecule has 10 nitrogen and oxygen atoms in total. The van der Waals surface area contributed by atoms with Crippen molar-refractivity contribution in [3.8, 4) is 0 Å². The molecule has 0 fully saturated rings. The smallest absolute Gasteiger partial charge is 0.361 e. The number of rotatable bonds is 9. The number of amides is 1. The molecule has 0 radical (unpaired) electrons. The summed E-state index contributed by atoms with van der Waals surface area (Å²) in [5.74, 6) is -2.81. The van der Waals surface area contributed by atoms with Gasteiger partial charge in [0.2, 0.25) is 28.9 Å². The van der Waals surface area contributed by atoms with Crippen molar-refractivity contribution in [2.75, 3.05) is 25.5 Å². The first-order valence-electron chi connectivity index (χ1n) is 8.81. The zero-order valence-corrected chi connectivity index (χ0v) is 17.0. The number of nitrogens with one attached hydrogen (secondary N) is 1. The van der Waals surface area contributed by atoms with Crippen molar-refractivity contribution in [1.29, 1.82) is 0 Å². The number of nitrogens with zero attached hydrogens (tertiary/aromatic N) is 1. The number of fused-ring (bicyclic) bond motifs is 1. The van der Waals surface area contributed by atoms with Gasteiger partial charge in [-0.1, -0.05) is 19.0 Å². The van der Waals surface area contributed by atoms with Gasteiger partial charge >= 0.3 is 5.97 Å². The number of allylic oxidation sites excluding steroid dienone is 2. The molecule has 0 saturated heterocycles. The van der Waals surface area contributed by atoms with Gasteiger partial charge in [0.15, 0.2) is 0 Å². The minimum atomic E-state index is -1.40. The minimum absolute atomic E-state index is 0.0681. The first-order valence-corrected chi connectivity index (χ1v) is 9.79. The summed E-state index contributed by atoms with van der Waals surface area (Å²) in [6, 6.07) is 0. The monoisotopic (exact) mass is 426 g/mol. The van der Waals surface area contributed by atoms with E-state index < -0.39 is 35.0 Å². The number of aliphatic hydroxyl groups is 2. The van der Waals surface area contributed by atoms with Crippen LogP contribution in [0.5, 0.6) is 0 Å². The molecule has 0 unspecified atom stereocenters. The van der Waals surface area contributed by atoms with Crippen molar-refractivity contribution >= 4 is 35.2 Å². The van der Waals surface area contributed by atoms with Crippen LogP contribution in [0.3, 0.4) is 0 Å². The number of carbonyl (C=O) groups is 4. The Morgan fingerprint density at radius 1 is 1.38 bits per heavy atom. The second-order valence-corrected chi connectivity index (χ2v) is 7.98. The van der Waals surface area contributed by atoms with Crippen LogP contribution in [0.15, 0.2) is 15.5 Å². The summed E-state index contributed by atoms with van der Waals surface area (Å²) >= 11 is 1.00. The van der Waals surface area contributed by atoms with Gasteiger partial charge < -0.3 is 24.8 Å². The number of aliphatic hydroxyl groups excluding tert-OH is 2. The standard InChI is InChI=1S/C18H22N2O8S/c1-4-27-17(26)12-11-13(23)10(7-9(22)14(11)28-20-12)29-6-5-19-16(25)15(24)18(2,3)8-21/h7,15,21,24H,4-6,8H2,1-3H3,(H,19,25)/t15-/m0/s1. The highest BCUT2D eigenvalue weighted by Gasteiger charge is 2.37. The van der Waals surface area contributed by atoms with Crippen molar-refractivity contribution in [2.45, 2.75) is 26.9 Å². The van der Waals surface area contributed by atoms with E-state index in [4.69, 9.17) is 9.26 Å². The van der Waals surface area contributed by atoms with E-state index in [1.807, 2.05) is 0 Å². The summed E-state index contributed by atoms with van der Waals surface area (Å²) < 4.78 is 9.65. The van der Waals surface area contributed by atoms with Crippen molar-refractivity contribution in [3.63, 3.8) is 0 Å². The molecule has 1 atom stereocenters. The van der Waals surface area contributed by atoms with Crippen LogP contribution in [0.2, 0.25) is 0 Å². The number of hydrogen-bond donors (Lipinski definition) is 3. The fourth-order valence-corrected chi connectivity index (χ4v) is 3.21. The summed E-state index contributed by atoms with van der Waals surface area (Å²) in [7, 11) is 0.